The molecule has 0 aliphatic heterocycles. The van der Waals surface area contributed by atoms with Crippen molar-refractivity contribution in [1.29, 1.82) is 0 Å². The lowest BCUT2D eigenvalue weighted by Gasteiger charge is -2.19. The Labute approximate surface area is 171 Å². The summed E-state index contributed by atoms with van der Waals surface area (Å²) in [4.78, 5) is 33.5. The average molecular weight is 426 g/mol. The standard InChI is InChI=1S/C19H21F3N4O4/c1-4-15(27)24-14-9-12(7-8-23-14)18(28)26(2)10-13-5-6-16(25-17(13)29-3)30-11-19(20,21)22/h5-9H,4,10-11H2,1-3H3,(H,23,24,27). The van der Waals surface area contributed by atoms with Gasteiger partial charge in [0.2, 0.25) is 17.7 Å². The van der Waals surface area contributed by atoms with Crippen molar-refractivity contribution in [1.82, 2.24) is 14.9 Å². The fourth-order valence-electron chi connectivity index (χ4n) is 2.40. The number of pyridine rings is 2. The zero-order valence-electron chi connectivity index (χ0n) is 16.6. The molecule has 30 heavy (non-hydrogen) atoms. The van der Waals surface area contributed by atoms with Gasteiger partial charge in [-0.3, -0.25) is 9.59 Å². The van der Waals surface area contributed by atoms with Gasteiger partial charge in [-0.2, -0.15) is 18.2 Å². The molecule has 0 aliphatic rings. The van der Waals surface area contributed by atoms with Crippen molar-refractivity contribution >= 4 is 17.6 Å². The summed E-state index contributed by atoms with van der Waals surface area (Å²) in [5, 5.41) is 2.58. The van der Waals surface area contributed by atoms with Gasteiger partial charge in [-0.25, -0.2) is 4.98 Å². The third kappa shape index (κ3) is 6.61. The highest BCUT2D eigenvalue weighted by Crippen LogP contribution is 2.24. The van der Waals surface area contributed by atoms with Crippen LogP contribution >= 0.6 is 0 Å². The number of alkyl halides is 3. The van der Waals surface area contributed by atoms with Crippen LogP contribution in [0.1, 0.15) is 29.3 Å². The highest BCUT2D eigenvalue weighted by Gasteiger charge is 2.29. The first-order valence-electron chi connectivity index (χ1n) is 8.87. The van der Waals surface area contributed by atoms with E-state index in [4.69, 9.17) is 4.74 Å². The van der Waals surface area contributed by atoms with Crippen LogP contribution in [0.4, 0.5) is 19.0 Å². The minimum absolute atomic E-state index is 0.0416. The number of aromatic nitrogens is 2. The molecule has 1 N–H and O–H groups in total. The highest BCUT2D eigenvalue weighted by molar-refractivity contribution is 5.96. The van der Waals surface area contributed by atoms with E-state index in [0.717, 1.165) is 0 Å². The summed E-state index contributed by atoms with van der Waals surface area (Å²) in [5.41, 5.74) is 0.775. The lowest BCUT2D eigenvalue weighted by Crippen LogP contribution is -2.27. The summed E-state index contributed by atoms with van der Waals surface area (Å²) >= 11 is 0. The predicted molar refractivity (Wildman–Crippen MR) is 101 cm³/mol. The summed E-state index contributed by atoms with van der Waals surface area (Å²) in [5.74, 6) is -0.535. The van der Waals surface area contributed by atoms with Crippen molar-refractivity contribution in [2.24, 2.45) is 0 Å². The third-order valence-corrected chi connectivity index (χ3v) is 3.84. The first-order chi connectivity index (χ1) is 14.1. The molecule has 11 heteroatoms. The first-order valence-corrected chi connectivity index (χ1v) is 8.87. The van der Waals surface area contributed by atoms with Crippen molar-refractivity contribution in [3.8, 4) is 11.8 Å². The number of methoxy groups -OCH3 is 1. The van der Waals surface area contributed by atoms with Crippen LogP contribution in [0.3, 0.4) is 0 Å². The number of nitrogens with one attached hydrogen (secondary N) is 1. The summed E-state index contributed by atoms with van der Waals surface area (Å²) < 4.78 is 46.6. The molecule has 2 amide bonds. The van der Waals surface area contributed by atoms with E-state index in [9.17, 15) is 22.8 Å². The van der Waals surface area contributed by atoms with Gasteiger partial charge in [-0.15, -0.1) is 0 Å². The lowest BCUT2D eigenvalue weighted by molar-refractivity contribution is -0.154. The fourth-order valence-corrected chi connectivity index (χ4v) is 2.40. The predicted octanol–water partition coefficient (Wildman–Crippen LogP) is 3.05. The number of hydrogen-bond donors (Lipinski definition) is 1. The molecule has 8 nitrogen and oxygen atoms in total. The number of amides is 2. The molecule has 162 valence electrons. The zero-order valence-corrected chi connectivity index (χ0v) is 16.6. The van der Waals surface area contributed by atoms with E-state index >= 15 is 0 Å². The number of nitrogens with zero attached hydrogens (tertiary/aromatic N) is 3. The molecule has 0 atom stereocenters. The molecule has 2 aromatic heterocycles. The largest absolute Gasteiger partial charge is 0.481 e. The monoisotopic (exact) mass is 426 g/mol. The van der Waals surface area contributed by atoms with Crippen LogP contribution < -0.4 is 14.8 Å². The van der Waals surface area contributed by atoms with Gasteiger partial charge in [0.25, 0.3) is 5.91 Å². The van der Waals surface area contributed by atoms with Gasteiger partial charge in [-0.05, 0) is 18.2 Å². The number of anilines is 1. The maximum atomic E-state index is 12.7. The molecule has 0 unspecified atom stereocenters. The van der Waals surface area contributed by atoms with Crippen LogP contribution in [-0.2, 0) is 11.3 Å². The van der Waals surface area contributed by atoms with Gasteiger partial charge >= 0.3 is 6.18 Å². The molecular weight excluding hydrogens is 405 g/mol. The molecule has 0 bridgehead atoms. The summed E-state index contributed by atoms with van der Waals surface area (Å²) in [7, 11) is 2.85. The molecular formula is C19H21F3N4O4. The second-order valence-electron chi connectivity index (χ2n) is 6.21. The van der Waals surface area contributed by atoms with E-state index in [-0.39, 0.29) is 42.4 Å². The van der Waals surface area contributed by atoms with Gasteiger partial charge < -0.3 is 19.7 Å². The van der Waals surface area contributed by atoms with E-state index in [1.165, 1.54) is 42.5 Å². The van der Waals surface area contributed by atoms with Crippen LogP contribution in [0, 0.1) is 0 Å². The Morgan fingerprint density at radius 2 is 1.97 bits per heavy atom. The van der Waals surface area contributed by atoms with E-state index in [1.54, 1.807) is 14.0 Å². The molecule has 0 fully saturated rings. The Kier molecular flexibility index (Phi) is 7.56. The number of carbonyl (C=O) groups is 2. The number of hydrogen-bond acceptors (Lipinski definition) is 6. The average Bonchev–Trinajstić information content (AvgIpc) is 2.71. The Hall–Kier alpha value is -3.37. The Morgan fingerprint density at radius 1 is 1.23 bits per heavy atom. The lowest BCUT2D eigenvalue weighted by atomic mass is 10.2. The quantitative estimate of drug-likeness (QED) is 0.698. The minimum Gasteiger partial charge on any atom is -0.481 e. The van der Waals surface area contributed by atoms with Crippen molar-refractivity contribution in [2.75, 3.05) is 26.1 Å². The van der Waals surface area contributed by atoms with E-state index in [2.05, 4.69) is 20.0 Å². The van der Waals surface area contributed by atoms with Gasteiger partial charge in [0.1, 0.15) is 5.82 Å². The molecule has 2 aromatic rings. The minimum atomic E-state index is -4.49. The molecule has 2 heterocycles. The molecule has 0 radical (unpaired) electrons. The molecule has 0 saturated carbocycles. The summed E-state index contributed by atoms with van der Waals surface area (Å²) in [6.07, 6.45) is -2.81. The number of rotatable bonds is 8. The SMILES string of the molecule is CCC(=O)Nc1cc(C(=O)N(C)Cc2ccc(OCC(F)(F)F)nc2OC)ccn1. The molecule has 0 spiro atoms. The van der Waals surface area contributed by atoms with Crippen molar-refractivity contribution < 1.29 is 32.2 Å². The summed E-state index contributed by atoms with van der Waals surface area (Å²) in [6.45, 7) is 0.298. The first kappa shape index (κ1) is 22.9. The summed E-state index contributed by atoms with van der Waals surface area (Å²) in [6, 6.07) is 5.70. The van der Waals surface area contributed by atoms with Gasteiger partial charge in [0.15, 0.2) is 6.61 Å². The van der Waals surface area contributed by atoms with Gasteiger partial charge in [-0.1, -0.05) is 6.92 Å². The van der Waals surface area contributed by atoms with Crippen LogP contribution in [0.15, 0.2) is 30.5 Å². The Balaban J connectivity index is 2.11. The number of halogens is 3. The molecule has 0 saturated heterocycles. The van der Waals surface area contributed by atoms with E-state index in [0.29, 0.717) is 11.1 Å². The smallest absolute Gasteiger partial charge is 0.422 e. The van der Waals surface area contributed by atoms with Gasteiger partial charge in [0.05, 0.1) is 13.7 Å². The van der Waals surface area contributed by atoms with Gasteiger partial charge in [0, 0.05) is 36.9 Å². The maximum absolute atomic E-state index is 12.7. The van der Waals surface area contributed by atoms with Crippen LogP contribution in [0.25, 0.3) is 0 Å². The molecule has 2 rings (SSSR count). The van der Waals surface area contributed by atoms with Crippen molar-refractivity contribution in [3.05, 3.63) is 41.6 Å². The van der Waals surface area contributed by atoms with Crippen molar-refractivity contribution in [2.45, 2.75) is 26.1 Å². The van der Waals surface area contributed by atoms with Crippen LogP contribution in [0.5, 0.6) is 11.8 Å². The maximum Gasteiger partial charge on any atom is 0.422 e. The second-order valence-corrected chi connectivity index (χ2v) is 6.21. The Bertz CT molecular complexity index is 906. The van der Waals surface area contributed by atoms with Crippen LogP contribution in [-0.4, -0.2) is 53.6 Å². The second kappa shape index (κ2) is 9.90. The molecule has 0 aliphatic carbocycles. The number of carbonyl (C=O) groups excluding carboxylic acids is 2. The number of ether oxygens (including phenoxy) is 2. The van der Waals surface area contributed by atoms with E-state index in [1.807, 2.05) is 0 Å². The van der Waals surface area contributed by atoms with Crippen molar-refractivity contribution in [3.63, 3.8) is 0 Å². The Morgan fingerprint density at radius 3 is 2.60 bits per heavy atom. The van der Waals surface area contributed by atoms with E-state index < -0.39 is 12.8 Å². The normalized spacial score (nSPS) is 11.0. The topological polar surface area (TPSA) is 93.7 Å². The third-order valence-electron chi connectivity index (χ3n) is 3.84. The highest BCUT2D eigenvalue weighted by atomic mass is 19.4. The van der Waals surface area contributed by atoms with Crippen LogP contribution in [0.2, 0.25) is 0 Å². The fraction of sp³-hybridized carbons (Fsp3) is 0.368. The molecule has 0 aromatic carbocycles. The zero-order chi connectivity index (χ0) is 22.3.